The number of fused-ring (bicyclic) bond motifs is 1. The van der Waals surface area contributed by atoms with Crippen LogP contribution in [-0.2, 0) is 0 Å². The van der Waals surface area contributed by atoms with Crippen molar-refractivity contribution in [3.63, 3.8) is 0 Å². The molecule has 0 spiro atoms. The molecule has 0 aliphatic heterocycles. The Bertz CT molecular complexity index is 579. The highest BCUT2D eigenvalue weighted by Crippen LogP contribution is 2.40. The fourth-order valence-corrected chi connectivity index (χ4v) is 2.61. The minimum Gasteiger partial charge on any atom is -0.543 e. The van der Waals surface area contributed by atoms with Crippen molar-refractivity contribution in [3.05, 3.63) is 24.5 Å². The van der Waals surface area contributed by atoms with E-state index in [4.69, 9.17) is 13.6 Å². The quantitative estimate of drug-likeness (QED) is 0.767. The highest BCUT2D eigenvalue weighted by Gasteiger charge is 2.39. The third-order valence-electron chi connectivity index (χ3n) is 3.86. The number of hydrogen-bond donors (Lipinski definition) is 0. The van der Waals surface area contributed by atoms with Crippen molar-refractivity contribution in [1.29, 1.82) is 0 Å². The highest BCUT2D eigenvalue weighted by molar-refractivity contribution is 6.74. The molecule has 2 aromatic rings. The Hall–Kier alpha value is -1.42. The van der Waals surface area contributed by atoms with Crippen LogP contribution in [0.15, 0.2) is 22.6 Å². The molecule has 0 aliphatic rings. The molecular formula is C15H21O3Si. The van der Waals surface area contributed by atoms with Crippen molar-refractivity contribution < 1.29 is 13.6 Å². The van der Waals surface area contributed by atoms with Crippen molar-refractivity contribution in [3.8, 4) is 11.5 Å². The normalized spacial score (nSPS) is 12.7. The Labute approximate surface area is 115 Å². The largest absolute Gasteiger partial charge is 0.543 e. The summed E-state index contributed by atoms with van der Waals surface area (Å²) in [6.07, 6.45) is 2.76. The van der Waals surface area contributed by atoms with Crippen molar-refractivity contribution in [2.24, 2.45) is 0 Å². The summed E-state index contributed by atoms with van der Waals surface area (Å²) in [5.41, 5.74) is 0.744. The van der Waals surface area contributed by atoms with Gasteiger partial charge in [0, 0.05) is 12.1 Å². The predicted octanol–water partition coefficient (Wildman–Crippen LogP) is 4.63. The molecule has 103 valence electrons. The summed E-state index contributed by atoms with van der Waals surface area (Å²) < 4.78 is 17.0. The fraction of sp³-hybridized carbons (Fsp3) is 0.467. The Morgan fingerprint density at radius 2 is 1.89 bits per heavy atom. The van der Waals surface area contributed by atoms with Gasteiger partial charge in [-0.2, -0.15) is 0 Å². The second-order valence-electron chi connectivity index (χ2n) is 6.26. The molecule has 1 heterocycles. The average molecular weight is 277 g/mol. The van der Waals surface area contributed by atoms with Gasteiger partial charge in [-0.15, -0.1) is 0 Å². The van der Waals surface area contributed by atoms with E-state index in [0.717, 1.165) is 22.5 Å². The van der Waals surface area contributed by atoms with Crippen LogP contribution in [0.5, 0.6) is 11.5 Å². The lowest BCUT2D eigenvalue weighted by atomic mass is 10.2. The summed E-state index contributed by atoms with van der Waals surface area (Å²) in [7, 11) is -0.240. The third kappa shape index (κ3) is 2.63. The second-order valence-corrected chi connectivity index (χ2v) is 11.0. The van der Waals surface area contributed by atoms with E-state index in [-0.39, 0.29) is 5.04 Å². The van der Waals surface area contributed by atoms with E-state index < -0.39 is 8.32 Å². The summed E-state index contributed by atoms with van der Waals surface area (Å²) in [5, 5.41) is 1.10. The van der Waals surface area contributed by atoms with Gasteiger partial charge in [-0.3, -0.25) is 0 Å². The number of benzene rings is 1. The first-order valence-electron chi connectivity index (χ1n) is 6.41. The van der Waals surface area contributed by atoms with E-state index in [1.165, 1.54) is 0 Å². The van der Waals surface area contributed by atoms with Gasteiger partial charge in [0.2, 0.25) is 0 Å². The molecule has 0 saturated heterocycles. The molecule has 0 fully saturated rings. The molecule has 0 N–H and O–H groups in total. The third-order valence-corrected chi connectivity index (χ3v) is 8.20. The molecule has 1 aromatic heterocycles. The molecule has 0 bridgehead atoms. The van der Waals surface area contributed by atoms with Gasteiger partial charge in [0.15, 0.2) is 6.26 Å². The summed E-state index contributed by atoms with van der Waals surface area (Å²) >= 11 is 0. The van der Waals surface area contributed by atoms with Crippen molar-refractivity contribution >= 4 is 19.3 Å². The minimum atomic E-state index is -1.88. The number of hydrogen-bond acceptors (Lipinski definition) is 3. The lowest BCUT2D eigenvalue weighted by Crippen LogP contribution is -2.43. The maximum atomic E-state index is 6.36. The van der Waals surface area contributed by atoms with E-state index >= 15 is 0 Å². The first-order chi connectivity index (χ1) is 8.74. The van der Waals surface area contributed by atoms with Crippen LogP contribution in [0, 0.1) is 6.26 Å². The summed E-state index contributed by atoms with van der Waals surface area (Å²) in [6.45, 7) is 11.1. The molecular weight excluding hydrogens is 256 g/mol. The molecule has 19 heavy (non-hydrogen) atoms. The predicted molar refractivity (Wildman–Crippen MR) is 79.4 cm³/mol. The second kappa shape index (κ2) is 4.60. The first-order valence-corrected chi connectivity index (χ1v) is 9.32. The van der Waals surface area contributed by atoms with E-state index in [0.29, 0.717) is 0 Å². The molecule has 0 atom stereocenters. The zero-order chi connectivity index (χ0) is 14.3. The molecule has 0 amide bonds. The maximum absolute atomic E-state index is 6.36. The highest BCUT2D eigenvalue weighted by atomic mass is 28.4. The lowest BCUT2D eigenvalue weighted by molar-refractivity contribution is 0.411. The van der Waals surface area contributed by atoms with Crippen molar-refractivity contribution in [2.45, 2.75) is 38.9 Å². The Morgan fingerprint density at radius 3 is 2.47 bits per heavy atom. The van der Waals surface area contributed by atoms with Gasteiger partial charge in [0.05, 0.1) is 12.5 Å². The van der Waals surface area contributed by atoms with Crippen LogP contribution >= 0.6 is 0 Å². The number of ether oxygens (including phenoxy) is 1. The van der Waals surface area contributed by atoms with Crippen molar-refractivity contribution in [1.82, 2.24) is 0 Å². The van der Waals surface area contributed by atoms with Crippen LogP contribution in [0.25, 0.3) is 11.0 Å². The Balaban J connectivity index is 2.47. The molecule has 4 heteroatoms. The smallest absolute Gasteiger partial charge is 0.250 e. The standard InChI is InChI=1S/C15H21O3Si/c1-15(2,3)19(5,6)18-14-10-11(16-4)9-13-12(14)7-8-17-13/h7,9-10H,1-6H3. The Kier molecular flexibility index (Phi) is 3.39. The monoisotopic (exact) mass is 277 g/mol. The van der Waals surface area contributed by atoms with Gasteiger partial charge < -0.3 is 13.6 Å². The van der Waals surface area contributed by atoms with E-state index in [9.17, 15) is 0 Å². The fourth-order valence-electron chi connectivity index (χ4n) is 1.59. The van der Waals surface area contributed by atoms with Gasteiger partial charge in [-0.25, -0.2) is 0 Å². The van der Waals surface area contributed by atoms with Crippen molar-refractivity contribution in [2.75, 3.05) is 7.11 Å². The number of rotatable bonds is 3. The van der Waals surface area contributed by atoms with Gasteiger partial charge in [0.25, 0.3) is 8.32 Å². The molecule has 0 aliphatic carbocycles. The van der Waals surface area contributed by atoms with E-state index in [1.54, 1.807) is 7.11 Å². The molecule has 1 radical (unpaired) electrons. The van der Waals surface area contributed by atoms with Crippen LogP contribution in [0.2, 0.25) is 18.1 Å². The summed E-state index contributed by atoms with van der Waals surface area (Å²) in [5.74, 6) is 1.57. The summed E-state index contributed by atoms with van der Waals surface area (Å²) in [6, 6.07) is 5.59. The number of methoxy groups -OCH3 is 1. The van der Waals surface area contributed by atoms with Crippen LogP contribution in [0.1, 0.15) is 20.8 Å². The van der Waals surface area contributed by atoms with Crippen LogP contribution in [-0.4, -0.2) is 15.4 Å². The van der Waals surface area contributed by atoms with Gasteiger partial charge in [-0.05, 0) is 24.2 Å². The van der Waals surface area contributed by atoms with Gasteiger partial charge in [-0.1, -0.05) is 20.8 Å². The van der Waals surface area contributed by atoms with Crippen LogP contribution < -0.4 is 9.16 Å². The van der Waals surface area contributed by atoms with E-state index in [1.807, 2.05) is 18.2 Å². The lowest BCUT2D eigenvalue weighted by Gasteiger charge is -2.36. The van der Waals surface area contributed by atoms with Gasteiger partial charge >= 0.3 is 0 Å². The Morgan fingerprint density at radius 1 is 1.21 bits per heavy atom. The first kappa shape index (κ1) is 14.0. The molecule has 2 rings (SSSR count). The molecule has 3 nitrogen and oxygen atoms in total. The maximum Gasteiger partial charge on any atom is 0.250 e. The zero-order valence-electron chi connectivity index (χ0n) is 12.5. The van der Waals surface area contributed by atoms with Crippen LogP contribution in [0.4, 0.5) is 0 Å². The molecule has 1 aromatic carbocycles. The summed E-state index contributed by atoms with van der Waals surface area (Å²) in [4.78, 5) is 0. The molecule has 0 saturated carbocycles. The van der Waals surface area contributed by atoms with E-state index in [2.05, 4.69) is 40.1 Å². The average Bonchev–Trinajstić information content (AvgIpc) is 2.75. The SMILES string of the molecule is COc1cc(O[Si](C)(C)C(C)(C)C)c2c[c]oc2c1. The number of furan rings is 1. The van der Waals surface area contributed by atoms with Gasteiger partial charge in [0.1, 0.15) is 17.1 Å². The molecule has 0 unspecified atom stereocenters. The zero-order valence-corrected chi connectivity index (χ0v) is 13.5. The van der Waals surface area contributed by atoms with Crippen LogP contribution in [0.3, 0.4) is 0 Å². The minimum absolute atomic E-state index is 0.149. The topological polar surface area (TPSA) is 31.6 Å².